The fourth-order valence-corrected chi connectivity index (χ4v) is 3.55. The Hall–Kier alpha value is -2.47. The second-order valence-corrected chi connectivity index (χ2v) is 7.64. The molecule has 2 aromatic rings. The van der Waals surface area contributed by atoms with Crippen molar-refractivity contribution in [1.82, 2.24) is 19.8 Å². The molecular weight excluding hydrogens is 338 g/mol. The van der Waals surface area contributed by atoms with E-state index in [1.807, 2.05) is 24.8 Å². The van der Waals surface area contributed by atoms with E-state index in [2.05, 4.69) is 46.2 Å². The summed E-state index contributed by atoms with van der Waals surface area (Å²) in [6.45, 7) is 6.42. The number of piperidine rings is 1. The van der Waals surface area contributed by atoms with Crippen LogP contribution in [-0.4, -0.2) is 51.9 Å². The Morgan fingerprint density at radius 1 is 1.30 bits per heavy atom. The van der Waals surface area contributed by atoms with Gasteiger partial charge in [0.25, 0.3) is 5.91 Å². The quantitative estimate of drug-likeness (QED) is 0.879. The fraction of sp³-hybridized carbons (Fsp3) is 0.476. The molecule has 1 aliphatic rings. The molecule has 27 heavy (non-hydrogen) atoms. The number of hydrogen-bond acceptors (Lipinski definition) is 5. The Bertz CT molecular complexity index is 777. The van der Waals surface area contributed by atoms with Crippen LogP contribution in [0, 0.1) is 0 Å². The maximum atomic E-state index is 13.0. The van der Waals surface area contributed by atoms with Crippen molar-refractivity contribution >= 4 is 11.9 Å². The molecule has 0 bridgehead atoms. The van der Waals surface area contributed by atoms with Crippen LogP contribution in [-0.2, 0) is 6.54 Å². The van der Waals surface area contributed by atoms with Gasteiger partial charge in [-0.1, -0.05) is 44.2 Å². The molecule has 2 heterocycles. The Balaban J connectivity index is 1.69. The van der Waals surface area contributed by atoms with Gasteiger partial charge in [0.15, 0.2) is 0 Å². The van der Waals surface area contributed by atoms with Gasteiger partial charge in [-0.25, -0.2) is 9.97 Å². The molecule has 1 aliphatic heterocycles. The lowest BCUT2D eigenvalue weighted by atomic mass is 10.0. The molecule has 1 saturated heterocycles. The van der Waals surface area contributed by atoms with Gasteiger partial charge in [-0.05, 0) is 37.4 Å². The highest BCUT2D eigenvalue weighted by molar-refractivity contribution is 5.92. The van der Waals surface area contributed by atoms with Gasteiger partial charge in [0, 0.05) is 31.4 Å². The van der Waals surface area contributed by atoms with E-state index in [0.717, 1.165) is 31.6 Å². The van der Waals surface area contributed by atoms with E-state index in [1.54, 1.807) is 6.07 Å². The van der Waals surface area contributed by atoms with Crippen LogP contribution < -0.4 is 5.73 Å². The molecule has 0 unspecified atom stereocenters. The van der Waals surface area contributed by atoms with Crippen LogP contribution in [0.4, 0.5) is 5.95 Å². The number of likely N-dealkylation sites (tertiary alicyclic amines) is 1. The third-order valence-electron chi connectivity index (χ3n) is 5.16. The minimum atomic E-state index is -0.0520. The SMILES string of the molecule is CC(C)c1cc(C(=O)N2CCC[C@H](N(C)Cc3ccccc3)C2)nc(N)n1. The van der Waals surface area contributed by atoms with E-state index in [9.17, 15) is 4.79 Å². The first-order valence-electron chi connectivity index (χ1n) is 9.62. The summed E-state index contributed by atoms with van der Waals surface area (Å²) in [4.78, 5) is 25.7. The van der Waals surface area contributed by atoms with Crippen molar-refractivity contribution < 1.29 is 4.79 Å². The summed E-state index contributed by atoms with van der Waals surface area (Å²) in [5.74, 6) is 0.316. The maximum Gasteiger partial charge on any atom is 0.272 e. The highest BCUT2D eigenvalue weighted by Crippen LogP contribution is 2.20. The summed E-state index contributed by atoms with van der Waals surface area (Å²) >= 11 is 0. The number of aromatic nitrogens is 2. The number of likely N-dealkylation sites (N-methyl/N-ethyl adjacent to an activating group) is 1. The molecule has 144 valence electrons. The van der Waals surface area contributed by atoms with Gasteiger partial charge in [0.1, 0.15) is 5.69 Å². The number of nitrogens with two attached hydrogens (primary N) is 1. The van der Waals surface area contributed by atoms with Crippen molar-refractivity contribution in [3.63, 3.8) is 0 Å². The number of carbonyl (C=O) groups is 1. The van der Waals surface area contributed by atoms with Gasteiger partial charge in [-0.15, -0.1) is 0 Å². The van der Waals surface area contributed by atoms with Crippen molar-refractivity contribution in [1.29, 1.82) is 0 Å². The minimum Gasteiger partial charge on any atom is -0.368 e. The summed E-state index contributed by atoms with van der Waals surface area (Å²) < 4.78 is 0. The molecule has 6 heteroatoms. The Morgan fingerprint density at radius 2 is 2.04 bits per heavy atom. The molecular formula is C21H29N5O. The van der Waals surface area contributed by atoms with E-state index in [1.165, 1.54) is 5.56 Å². The van der Waals surface area contributed by atoms with Crippen LogP contribution in [0.25, 0.3) is 0 Å². The average molecular weight is 367 g/mol. The van der Waals surface area contributed by atoms with E-state index in [4.69, 9.17) is 5.73 Å². The molecule has 1 amide bonds. The first-order chi connectivity index (χ1) is 12.9. The molecule has 0 spiro atoms. The number of anilines is 1. The Kier molecular flexibility index (Phi) is 6.06. The van der Waals surface area contributed by atoms with Crippen molar-refractivity contribution in [2.45, 2.75) is 45.2 Å². The van der Waals surface area contributed by atoms with Gasteiger partial charge in [0.2, 0.25) is 5.95 Å². The lowest BCUT2D eigenvalue weighted by Crippen LogP contribution is -2.48. The number of nitrogens with zero attached hydrogens (tertiary/aromatic N) is 4. The smallest absolute Gasteiger partial charge is 0.272 e. The number of carbonyl (C=O) groups excluding carboxylic acids is 1. The number of nitrogen functional groups attached to an aromatic ring is 1. The lowest BCUT2D eigenvalue weighted by molar-refractivity contribution is 0.0596. The zero-order valence-corrected chi connectivity index (χ0v) is 16.4. The molecule has 6 nitrogen and oxygen atoms in total. The molecule has 0 radical (unpaired) electrons. The first-order valence-corrected chi connectivity index (χ1v) is 9.62. The second kappa shape index (κ2) is 8.48. The summed E-state index contributed by atoms with van der Waals surface area (Å²) in [6.07, 6.45) is 2.09. The summed E-state index contributed by atoms with van der Waals surface area (Å²) in [7, 11) is 2.13. The molecule has 0 saturated carbocycles. The van der Waals surface area contributed by atoms with Crippen LogP contribution >= 0.6 is 0 Å². The molecule has 2 N–H and O–H groups in total. The molecule has 1 aromatic carbocycles. The Morgan fingerprint density at radius 3 is 2.74 bits per heavy atom. The number of rotatable bonds is 5. The number of benzene rings is 1. The minimum absolute atomic E-state index is 0.0520. The largest absolute Gasteiger partial charge is 0.368 e. The first kappa shape index (κ1) is 19.3. The van der Waals surface area contributed by atoms with Crippen molar-refractivity contribution in [2.75, 3.05) is 25.9 Å². The highest BCUT2D eigenvalue weighted by Gasteiger charge is 2.28. The molecule has 3 rings (SSSR count). The van der Waals surface area contributed by atoms with Crippen molar-refractivity contribution in [2.24, 2.45) is 0 Å². The maximum absolute atomic E-state index is 13.0. The second-order valence-electron chi connectivity index (χ2n) is 7.64. The summed E-state index contributed by atoms with van der Waals surface area (Å²) in [6, 6.07) is 12.5. The normalized spacial score (nSPS) is 17.5. The summed E-state index contributed by atoms with van der Waals surface area (Å²) in [5.41, 5.74) is 8.32. The van der Waals surface area contributed by atoms with E-state index < -0.39 is 0 Å². The average Bonchev–Trinajstić information content (AvgIpc) is 2.67. The van der Waals surface area contributed by atoms with Gasteiger partial charge < -0.3 is 10.6 Å². The number of hydrogen-bond donors (Lipinski definition) is 1. The van der Waals surface area contributed by atoms with Crippen LogP contribution in [0.2, 0.25) is 0 Å². The van der Waals surface area contributed by atoms with Crippen LogP contribution in [0.1, 0.15) is 54.4 Å². The zero-order valence-electron chi connectivity index (χ0n) is 16.4. The third kappa shape index (κ3) is 4.83. The van der Waals surface area contributed by atoms with E-state index >= 15 is 0 Å². The third-order valence-corrected chi connectivity index (χ3v) is 5.16. The van der Waals surface area contributed by atoms with Crippen molar-refractivity contribution in [3.05, 3.63) is 53.3 Å². The van der Waals surface area contributed by atoms with E-state index in [0.29, 0.717) is 18.3 Å². The van der Waals surface area contributed by atoms with Crippen LogP contribution in [0.3, 0.4) is 0 Å². The van der Waals surface area contributed by atoms with Crippen molar-refractivity contribution in [3.8, 4) is 0 Å². The van der Waals surface area contributed by atoms with E-state index in [-0.39, 0.29) is 17.8 Å². The fourth-order valence-electron chi connectivity index (χ4n) is 3.55. The standard InChI is InChI=1S/C21H29N5O/c1-15(2)18-12-19(24-21(22)23-18)20(27)26-11-7-10-17(14-26)25(3)13-16-8-5-4-6-9-16/h4-6,8-9,12,15,17H,7,10-11,13-14H2,1-3H3,(H2,22,23,24)/t17-/m0/s1. The van der Waals surface area contributed by atoms with Gasteiger partial charge in [0.05, 0.1) is 0 Å². The predicted octanol–water partition coefficient (Wildman–Crippen LogP) is 2.92. The lowest BCUT2D eigenvalue weighted by Gasteiger charge is -2.37. The van der Waals surface area contributed by atoms with Gasteiger partial charge in [-0.3, -0.25) is 9.69 Å². The van der Waals surface area contributed by atoms with Crippen LogP contribution in [0.15, 0.2) is 36.4 Å². The zero-order chi connectivity index (χ0) is 19.4. The monoisotopic (exact) mass is 367 g/mol. The summed E-state index contributed by atoms with van der Waals surface area (Å²) in [5, 5.41) is 0. The van der Waals surface area contributed by atoms with Crippen LogP contribution in [0.5, 0.6) is 0 Å². The predicted molar refractivity (Wildman–Crippen MR) is 107 cm³/mol. The Labute approximate surface area is 161 Å². The molecule has 1 aromatic heterocycles. The van der Waals surface area contributed by atoms with Gasteiger partial charge >= 0.3 is 0 Å². The molecule has 1 fully saturated rings. The topological polar surface area (TPSA) is 75.4 Å². The number of amides is 1. The van der Waals surface area contributed by atoms with Gasteiger partial charge in [-0.2, -0.15) is 0 Å². The highest BCUT2D eigenvalue weighted by atomic mass is 16.2. The molecule has 1 atom stereocenters. The molecule has 0 aliphatic carbocycles.